The Balaban J connectivity index is 0. The summed E-state index contributed by atoms with van der Waals surface area (Å²) < 4.78 is 9.69. The zero-order chi connectivity index (χ0) is 21.5. The molecule has 0 aliphatic heterocycles. The number of amides is 2. The van der Waals surface area contributed by atoms with Crippen LogP contribution in [0.1, 0.15) is 31.7 Å². The molecule has 0 fully saturated rings. The number of benzene rings is 1. The molecule has 1 rings (SSSR count). The smallest absolute Gasteiger partial charge is 0.651 e. The summed E-state index contributed by atoms with van der Waals surface area (Å²) in [6, 6.07) is 6.43. The summed E-state index contributed by atoms with van der Waals surface area (Å²) >= 11 is 0. The molecule has 0 saturated heterocycles. The molecule has 0 aliphatic rings. The first-order valence-corrected chi connectivity index (χ1v) is 9.08. The van der Waals surface area contributed by atoms with Gasteiger partial charge in [0.1, 0.15) is 11.6 Å². The van der Waals surface area contributed by atoms with Crippen LogP contribution in [0, 0.1) is 0 Å². The van der Waals surface area contributed by atoms with Crippen LogP contribution in [0.25, 0.3) is 10.6 Å². The summed E-state index contributed by atoms with van der Waals surface area (Å²) in [6.45, 7) is 2.72. The maximum Gasteiger partial charge on any atom is 1.00 e. The zero-order valence-corrected chi connectivity index (χ0v) is 28.1. The van der Waals surface area contributed by atoms with Crippen LogP contribution < -0.4 is 116 Å². The molecule has 2 amide bonds. The largest absolute Gasteiger partial charge is 1.00 e. The van der Waals surface area contributed by atoms with Crippen molar-refractivity contribution in [2.45, 2.75) is 32.6 Å². The van der Waals surface area contributed by atoms with Crippen LogP contribution in [0.5, 0.6) is 0 Å². The zero-order valence-electron chi connectivity index (χ0n) is 18.3. The molecule has 0 spiro atoms. The first kappa shape index (κ1) is 33.7. The number of rotatable bonds is 15. The van der Waals surface area contributed by atoms with Crippen molar-refractivity contribution in [3.8, 4) is 0 Å². The van der Waals surface area contributed by atoms with Gasteiger partial charge in [-0.3, -0.25) is 14.4 Å². The van der Waals surface area contributed by atoms with Crippen LogP contribution in [0.15, 0.2) is 24.3 Å². The third kappa shape index (κ3) is 18.6. The Morgan fingerprint density at radius 1 is 0.935 bits per heavy atom. The maximum absolute atomic E-state index is 11.8. The average molecular weight is 575 g/mol. The molecule has 0 bridgehead atoms. The number of nitrogens with zero attached hydrogens (tertiary/aromatic N) is 2. The fourth-order valence-electron chi connectivity index (χ4n) is 2.25. The van der Waals surface area contributed by atoms with Crippen LogP contribution >= 0.6 is 0 Å². The number of hydrogen-bond acceptors (Lipinski definition) is 7. The Morgan fingerprint density at radius 3 is 2.23 bits per heavy atom. The van der Waals surface area contributed by atoms with Gasteiger partial charge in [-0.1, -0.05) is 24.3 Å². The molecular formula is C20H24N2O7Rb2. The number of hydrogen-bond donors (Lipinski definition) is 0. The summed E-state index contributed by atoms with van der Waals surface area (Å²) in [4.78, 5) is 56.0. The van der Waals surface area contributed by atoms with E-state index in [-0.39, 0.29) is 161 Å². The minimum absolute atomic E-state index is 0. The molecule has 0 radical (unpaired) electrons. The predicted octanol–water partition coefficient (Wildman–Crippen LogP) is -3.81. The van der Waals surface area contributed by atoms with E-state index in [1.165, 1.54) is 6.92 Å². The second-order valence-corrected chi connectivity index (χ2v) is 6.15. The number of carbonyl (C=O) groups excluding carboxylic acids is 5. The van der Waals surface area contributed by atoms with Crippen molar-refractivity contribution >= 4 is 35.5 Å². The molecule has 1 aromatic carbocycles. The van der Waals surface area contributed by atoms with Gasteiger partial charge in [0.15, 0.2) is 0 Å². The molecule has 0 heterocycles. The van der Waals surface area contributed by atoms with Crippen molar-refractivity contribution in [1.82, 2.24) is 0 Å². The number of ketones is 2. The van der Waals surface area contributed by atoms with E-state index >= 15 is 0 Å². The average Bonchev–Trinajstić information content (AvgIpc) is 2.64. The van der Waals surface area contributed by atoms with E-state index in [2.05, 4.69) is 15.4 Å². The molecular weight excluding hydrogens is 551 g/mol. The Labute approximate surface area is 279 Å². The van der Waals surface area contributed by atoms with Crippen molar-refractivity contribution in [3.63, 3.8) is 0 Å². The number of ether oxygens (including phenoxy) is 2. The SMILES string of the molecule is CC(=O)CC(=O)Cc1ccc([N-]C(=O)CC(=O)[N-]CCOCCCOC=O)cc1.[Rb+].[Rb+]. The normalized spacial score (nSPS) is 9.45. The Morgan fingerprint density at radius 2 is 1.61 bits per heavy atom. The number of Topliss-reactive ketones (excluding diaryl/α,β-unsaturated/α-hetero) is 2. The summed E-state index contributed by atoms with van der Waals surface area (Å²) in [7, 11) is 0. The minimum atomic E-state index is -0.619. The molecule has 9 nitrogen and oxygen atoms in total. The monoisotopic (exact) mass is 574 g/mol. The standard InChI is InChI=1S/C20H26N2O7.2Rb/c1-15(24)11-18(25)12-16-3-5-17(6-4-16)22-20(27)13-19(26)21-7-10-28-8-2-9-29-14-23;;/h3-6,14H,2,7-13H2,1H3,(H2,21,22,26,27);;/q;2*+1/p-2. The molecule has 11 heteroatoms. The minimum Gasteiger partial charge on any atom is -0.651 e. The molecule has 0 aromatic heterocycles. The Bertz CT molecular complexity index is 712. The second kappa shape index (κ2) is 21.1. The van der Waals surface area contributed by atoms with Crippen molar-refractivity contribution < 1.29 is 150 Å². The van der Waals surface area contributed by atoms with Gasteiger partial charge in [0.05, 0.1) is 24.8 Å². The number of carbonyl (C=O) groups is 5. The van der Waals surface area contributed by atoms with Gasteiger partial charge in [-0.25, -0.2) is 0 Å². The van der Waals surface area contributed by atoms with E-state index in [9.17, 15) is 24.0 Å². The summed E-state index contributed by atoms with van der Waals surface area (Å²) in [5.41, 5.74) is 1.08. The van der Waals surface area contributed by atoms with Gasteiger partial charge in [-0.05, 0) is 12.5 Å². The van der Waals surface area contributed by atoms with Crippen LogP contribution in [0.2, 0.25) is 0 Å². The van der Waals surface area contributed by atoms with Crippen LogP contribution in [0.4, 0.5) is 5.69 Å². The van der Waals surface area contributed by atoms with Crippen LogP contribution in [0.3, 0.4) is 0 Å². The van der Waals surface area contributed by atoms with E-state index in [0.717, 1.165) is 0 Å². The summed E-state index contributed by atoms with van der Waals surface area (Å²) in [5.74, 6) is -1.56. The van der Waals surface area contributed by atoms with E-state index in [0.29, 0.717) is 30.8 Å². The molecule has 0 saturated carbocycles. The van der Waals surface area contributed by atoms with Crippen LogP contribution in [-0.2, 0) is 39.9 Å². The van der Waals surface area contributed by atoms with Gasteiger partial charge in [0, 0.05) is 32.5 Å². The molecule has 0 N–H and O–H groups in total. The summed E-state index contributed by atoms with van der Waals surface area (Å²) in [6.07, 6.45) is 0.146. The first-order valence-electron chi connectivity index (χ1n) is 9.08. The Hall–Kier alpha value is 0.540. The fourth-order valence-corrected chi connectivity index (χ4v) is 2.25. The van der Waals surface area contributed by atoms with Gasteiger partial charge in [0.2, 0.25) is 0 Å². The molecule has 0 aliphatic carbocycles. The van der Waals surface area contributed by atoms with Gasteiger partial charge < -0.3 is 29.7 Å². The quantitative estimate of drug-likeness (QED) is 0.119. The van der Waals surface area contributed by atoms with Crippen molar-refractivity contribution in [2.24, 2.45) is 0 Å². The van der Waals surface area contributed by atoms with Gasteiger partial charge >= 0.3 is 116 Å². The Kier molecular flexibility index (Phi) is 22.9. The van der Waals surface area contributed by atoms with Gasteiger partial charge in [-0.15, -0.1) is 12.2 Å². The van der Waals surface area contributed by atoms with E-state index in [4.69, 9.17) is 4.74 Å². The third-order valence-corrected chi connectivity index (χ3v) is 3.48. The van der Waals surface area contributed by atoms with Crippen molar-refractivity contribution in [1.29, 1.82) is 0 Å². The topological polar surface area (TPSA) is 132 Å². The maximum atomic E-state index is 11.8. The molecule has 31 heavy (non-hydrogen) atoms. The van der Waals surface area contributed by atoms with E-state index in [1.807, 2.05) is 0 Å². The molecule has 1 aromatic rings. The molecule has 158 valence electrons. The summed E-state index contributed by atoms with van der Waals surface area (Å²) in [5, 5.41) is 7.53. The predicted molar refractivity (Wildman–Crippen MR) is 104 cm³/mol. The van der Waals surface area contributed by atoms with Crippen molar-refractivity contribution in [3.05, 3.63) is 40.5 Å². The molecule has 0 unspecified atom stereocenters. The van der Waals surface area contributed by atoms with Crippen molar-refractivity contribution in [2.75, 3.05) is 26.4 Å². The van der Waals surface area contributed by atoms with E-state index in [1.54, 1.807) is 24.3 Å². The first-order chi connectivity index (χ1) is 13.9. The van der Waals surface area contributed by atoms with Gasteiger partial charge in [0.25, 0.3) is 6.47 Å². The third-order valence-electron chi connectivity index (χ3n) is 3.48. The van der Waals surface area contributed by atoms with E-state index < -0.39 is 18.2 Å². The fraction of sp³-hybridized carbons (Fsp3) is 0.450. The van der Waals surface area contributed by atoms with Gasteiger partial charge in [-0.2, -0.15) is 0 Å². The van der Waals surface area contributed by atoms with Crippen LogP contribution in [-0.4, -0.2) is 56.2 Å². The second-order valence-electron chi connectivity index (χ2n) is 6.15. The molecule has 0 atom stereocenters.